The van der Waals surface area contributed by atoms with Gasteiger partial charge in [0.05, 0.1) is 6.20 Å². The molecule has 1 aliphatic rings. The zero-order valence-corrected chi connectivity index (χ0v) is 10.0. The Morgan fingerprint density at radius 3 is 3.18 bits per heavy atom. The number of nitrogens with one attached hydrogen (secondary N) is 1. The summed E-state index contributed by atoms with van der Waals surface area (Å²) in [4.78, 5) is 6.60. The molecule has 5 nitrogen and oxygen atoms in total. The molecule has 1 N–H and O–H groups in total. The van der Waals surface area contributed by atoms with Crippen LogP contribution in [0.1, 0.15) is 12.8 Å². The third kappa shape index (κ3) is 2.24. The van der Waals surface area contributed by atoms with Crippen LogP contribution in [0.3, 0.4) is 0 Å². The van der Waals surface area contributed by atoms with Crippen molar-refractivity contribution in [1.82, 2.24) is 19.9 Å². The van der Waals surface area contributed by atoms with E-state index in [2.05, 4.69) is 27.3 Å². The van der Waals surface area contributed by atoms with E-state index in [1.54, 1.807) is 12.4 Å². The molecule has 1 aliphatic carbocycles. The number of fused-ring (bicyclic) bond motifs is 1. The van der Waals surface area contributed by atoms with Gasteiger partial charge in [-0.3, -0.25) is 0 Å². The first-order valence-electron chi connectivity index (χ1n) is 6.07. The highest BCUT2D eigenvalue weighted by molar-refractivity contribution is 5.67. The molecule has 0 saturated heterocycles. The van der Waals surface area contributed by atoms with Crippen LogP contribution in [-0.2, 0) is 0 Å². The van der Waals surface area contributed by atoms with E-state index in [0.29, 0.717) is 0 Å². The summed E-state index contributed by atoms with van der Waals surface area (Å²) in [5.41, 5.74) is 1.06. The number of hydrogen-bond donors (Lipinski definition) is 1. The molecule has 2 aromatic rings. The van der Waals surface area contributed by atoms with Crippen LogP contribution < -0.4 is 10.2 Å². The van der Waals surface area contributed by atoms with E-state index in [1.165, 1.54) is 12.8 Å². The largest absolute Gasteiger partial charge is 0.357 e. The summed E-state index contributed by atoms with van der Waals surface area (Å²) in [6, 6.07) is 2.76. The fourth-order valence-electron chi connectivity index (χ4n) is 1.97. The number of nitrogens with zero attached hydrogens (tertiary/aromatic N) is 4. The van der Waals surface area contributed by atoms with Gasteiger partial charge in [-0.1, -0.05) is 0 Å². The van der Waals surface area contributed by atoms with Gasteiger partial charge in [0.2, 0.25) is 0 Å². The Bertz CT molecular complexity index is 502. The first kappa shape index (κ1) is 10.5. The molecule has 3 rings (SSSR count). The van der Waals surface area contributed by atoms with Crippen LogP contribution in [-0.4, -0.2) is 40.8 Å². The van der Waals surface area contributed by atoms with Crippen LogP contribution >= 0.6 is 0 Å². The summed E-state index contributed by atoms with van der Waals surface area (Å²) in [5.74, 6) is 0.989. The van der Waals surface area contributed by atoms with Crippen LogP contribution in [0.2, 0.25) is 0 Å². The smallest absolute Gasteiger partial charge is 0.154 e. The van der Waals surface area contributed by atoms with Gasteiger partial charge < -0.3 is 10.2 Å². The van der Waals surface area contributed by atoms with Crippen LogP contribution in [0, 0.1) is 0 Å². The fourth-order valence-corrected chi connectivity index (χ4v) is 1.97. The minimum absolute atomic E-state index is 0.766. The second-order valence-electron chi connectivity index (χ2n) is 4.56. The molecule has 0 unspecified atom stereocenters. The third-order valence-electron chi connectivity index (χ3n) is 3.12. The number of aromatic nitrogens is 3. The van der Waals surface area contributed by atoms with Crippen LogP contribution in [0.15, 0.2) is 24.7 Å². The van der Waals surface area contributed by atoms with Gasteiger partial charge in [0.25, 0.3) is 0 Å². The molecule has 0 spiro atoms. The zero-order chi connectivity index (χ0) is 11.7. The molecule has 5 heteroatoms. The van der Waals surface area contributed by atoms with Crippen molar-refractivity contribution in [3.8, 4) is 0 Å². The first-order chi connectivity index (χ1) is 8.34. The summed E-state index contributed by atoms with van der Waals surface area (Å²) in [7, 11) is 2.07. The van der Waals surface area contributed by atoms with Gasteiger partial charge >= 0.3 is 0 Å². The summed E-state index contributed by atoms with van der Waals surface area (Å²) in [5, 5.41) is 7.72. The van der Waals surface area contributed by atoms with E-state index < -0.39 is 0 Å². The molecule has 90 valence electrons. The van der Waals surface area contributed by atoms with Crippen molar-refractivity contribution < 1.29 is 0 Å². The van der Waals surface area contributed by atoms with Crippen LogP contribution in [0.25, 0.3) is 5.52 Å². The summed E-state index contributed by atoms with van der Waals surface area (Å²) in [6.07, 6.45) is 8.13. The molecule has 1 saturated carbocycles. The number of hydrogen-bond acceptors (Lipinski definition) is 4. The van der Waals surface area contributed by atoms with E-state index in [4.69, 9.17) is 0 Å². The Morgan fingerprint density at radius 2 is 2.35 bits per heavy atom. The van der Waals surface area contributed by atoms with Crippen molar-refractivity contribution in [2.75, 3.05) is 25.0 Å². The highest BCUT2D eigenvalue weighted by Crippen LogP contribution is 2.19. The maximum Gasteiger partial charge on any atom is 0.154 e. The standard InChI is InChI=1S/C12H17N5/c1-16(8-6-13-10-2-3-10)12-11-4-5-15-17(11)9-7-14-12/h4-5,7,9-10,13H,2-3,6,8H2,1H3. The first-order valence-corrected chi connectivity index (χ1v) is 6.07. The van der Waals surface area contributed by atoms with Crippen molar-refractivity contribution in [1.29, 1.82) is 0 Å². The van der Waals surface area contributed by atoms with Crippen molar-refractivity contribution >= 4 is 11.3 Å². The molecular formula is C12H17N5. The lowest BCUT2D eigenvalue weighted by molar-refractivity contribution is 0.672. The van der Waals surface area contributed by atoms with Gasteiger partial charge in [-0.2, -0.15) is 5.10 Å². The molecule has 2 aromatic heterocycles. The van der Waals surface area contributed by atoms with E-state index in [-0.39, 0.29) is 0 Å². The van der Waals surface area contributed by atoms with Gasteiger partial charge in [-0.05, 0) is 18.9 Å². The average molecular weight is 231 g/mol. The van der Waals surface area contributed by atoms with Crippen LogP contribution in [0.4, 0.5) is 5.82 Å². The Balaban J connectivity index is 1.70. The molecular weight excluding hydrogens is 214 g/mol. The van der Waals surface area contributed by atoms with Crippen molar-refractivity contribution in [2.45, 2.75) is 18.9 Å². The van der Waals surface area contributed by atoms with Gasteiger partial charge in [-0.15, -0.1) is 0 Å². The normalized spacial score (nSPS) is 15.4. The van der Waals surface area contributed by atoms with Crippen molar-refractivity contribution in [2.24, 2.45) is 0 Å². The van der Waals surface area contributed by atoms with Gasteiger partial charge in [0.15, 0.2) is 5.82 Å². The highest BCUT2D eigenvalue weighted by Gasteiger charge is 2.20. The molecule has 2 heterocycles. The molecule has 0 amide bonds. The fraction of sp³-hybridized carbons (Fsp3) is 0.500. The maximum atomic E-state index is 4.43. The lowest BCUT2D eigenvalue weighted by atomic mass is 10.4. The monoisotopic (exact) mass is 231 g/mol. The summed E-state index contributed by atoms with van der Waals surface area (Å²) >= 11 is 0. The lowest BCUT2D eigenvalue weighted by Crippen LogP contribution is -2.30. The van der Waals surface area contributed by atoms with E-state index in [9.17, 15) is 0 Å². The maximum absolute atomic E-state index is 4.43. The number of anilines is 1. The Morgan fingerprint density at radius 1 is 1.47 bits per heavy atom. The van der Waals surface area contributed by atoms with Crippen molar-refractivity contribution in [3.05, 3.63) is 24.7 Å². The molecule has 0 aromatic carbocycles. The SMILES string of the molecule is CN(CCNC1CC1)c1nccn2nccc12. The second-order valence-corrected chi connectivity index (χ2v) is 4.56. The Labute approximate surface area is 100 Å². The third-order valence-corrected chi connectivity index (χ3v) is 3.12. The molecule has 17 heavy (non-hydrogen) atoms. The minimum Gasteiger partial charge on any atom is -0.357 e. The van der Waals surface area contributed by atoms with Crippen LogP contribution in [0.5, 0.6) is 0 Å². The molecule has 0 aliphatic heterocycles. The highest BCUT2D eigenvalue weighted by atomic mass is 15.3. The summed E-state index contributed by atoms with van der Waals surface area (Å²) in [6.45, 7) is 1.98. The lowest BCUT2D eigenvalue weighted by Gasteiger charge is -2.18. The molecule has 0 radical (unpaired) electrons. The van der Waals surface area contributed by atoms with E-state index >= 15 is 0 Å². The topological polar surface area (TPSA) is 45.5 Å². The quantitative estimate of drug-likeness (QED) is 0.831. The van der Waals surface area contributed by atoms with E-state index in [0.717, 1.165) is 30.5 Å². The van der Waals surface area contributed by atoms with Gasteiger partial charge in [0.1, 0.15) is 5.52 Å². The molecule has 0 atom stereocenters. The zero-order valence-electron chi connectivity index (χ0n) is 10.0. The van der Waals surface area contributed by atoms with Crippen molar-refractivity contribution in [3.63, 3.8) is 0 Å². The van der Waals surface area contributed by atoms with Gasteiger partial charge in [0, 0.05) is 38.6 Å². The predicted octanol–water partition coefficient (Wildman–Crippen LogP) is 0.917. The average Bonchev–Trinajstić information content (AvgIpc) is 3.04. The van der Waals surface area contributed by atoms with Gasteiger partial charge in [-0.25, -0.2) is 9.50 Å². The number of rotatable bonds is 5. The number of likely N-dealkylation sites (N-methyl/N-ethyl adjacent to an activating group) is 1. The Kier molecular flexibility index (Phi) is 2.68. The Hall–Kier alpha value is -1.62. The molecule has 0 bridgehead atoms. The predicted molar refractivity (Wildman–Crippen MR) is 67.3 cm³/mol. The van der Waals surface area contributed by atoms with E-state index in [1.807, 2.05) is 16.8 Å². The molecule has 1 fully saturated rings. The second kappa shape index (κ2) is 4.33. The summed E-state index contributed by atoms with van der Waals surface area (Å²) < 4.78 is 1.85. The minimum atomic E-state index is 0.766.